The van der Waals surface area contributed by atoms with Gasteiger partial charge in [-0.05, 0) is 23.3 Å². The fourth-order valence-electron chi connectivity index (χ4n) is 2.92. The minimum atomic E-state index is -0.804. The molecule has 0 saturated carbocycles. The number of para-hydroxylation sites is 1. The standard InChI is InChI=1S/C22H20N4S/c1-4-10-18(11-5-1)16-22(23-20-14-8-3-9-15-20)24-21(25-26-22)27-17-19-12-6-2-7-13-19/h1-15,23H,16-17H2. The Hall–Kier alpha value is -2.92. The molecule has 0 spiro atoms. The van der Waals surface area contributed by atoms with Crippen LogP contribution in [-0.4, -0.2) is 11.0 Å². The maximum Gasteiger partial charge on any atom is 0.251 e. The zero-order valence-corrected chi connectivity index (χ0v) is 15.6. The zero-order valence-electron chi connectivity index (χ0n) is 14.8. The van der Waals surface area contributed by atoms with Crippen LogP contribution in [0.15, 0.2) is 106 Å². The summed E-state index contributed by atoms with van der Waals surface area (Å²) in [7, 11) is 0. The number of aliphatic imine (C=N–C) groups is 1. The number of benzene rings is 3. The van der Waals surface area contributed by atoms with Crippen LogP contribution in [0.25, 0.3) is 0 Å². The summed E-state index contributed by atoms with van der Waals surface area (Å²) in [6, 6.07) is 30.6. The summed E-state index contributed by atoms with van der Waals surface area (Å²) < 4.78 is 0. The summed E-state index contributed by atoms with van der Waals surface area (Å²) in [4.78, 5) is 4.86. The van der Waals surface area contributed by atoms with E-state index >= 15 is 0 Å². The minimum absolute atomic E-state index is 0.641. The Bertz CT molecular complexity index is 883. The molecule has 1 heterocycles. The zero-order chi connectivity index (χ0) is 18.4. The average Bonchev–Trinajstić information content (AvgIpc) is 3.11. The summed E-state index contributed by atoms with van der Waals surface area (Å²) >= 11 is 1.61. The third-order valence-corrected chi connectivity index (χ3v) is 5.11. The summed E-state index contributed by atoms with van der Waals surface area (Å²) in [6.45, 7) is 0. The first kappa shape index (κ1) is 17.5. The Labute approximate surface area is 163 Å². The van der Waals surface area contributed by atoms with Crippen molar-refractivity contribution in [3.63, 3.8) is 0 Å². The van der Waals surface area contributed by atoms with E-state index in [1.54, 1.807) is 11.8 Å². The van der Waals surface area contributed by atoms with Crippen LogP contribution in [0.1, 0.15) is 11.1 Å². The minimum Gasteiger partial charge on any atom is -0.341 e. The first-order valence-corrected chi connectivity index (χ1v) is 9.87. The second kappa shape index (κ2) is 8.18. The van der Waals surface area contributed by atoms with Gasteiger partial charge in [0.1, 0.15) is 0 Å². The topological polar surface area (TPSA) is 49.1 Å². The highest BCUT2D eigenvalue weighted by molar-refractivity contribution is 8.13. The number of nitrogens with zero attached hydrogens (tertiary/aromatic N) is 3. The molecule has 1 aliphatic rings. The first-order valence-electron chi connectivity index (χ1n) is 8.88. The second-order valence-corrected chi connectivity index (χ2v) is 7.28. The largest absolute Gasteiger partial charge is 0.341 e. The Balaban J connectivity index is 1.55. The highest BCUT2D eigenvalue weighted by Gasteiger charge is 2.34. The molecule has 5 heteroatoms. The van der Waals surface area contributed by atoms with Crippen LogP contribution in [0.4, 0.5) is 5.69 Å². The van der Waals surface area contributed by atoms with Gasteiger partial charge >= 0.3 is 0 Å². The van der Waals surface area contributed by atoms with Crippen molar-refractivity contribution >= 4 is 22.6 Å². The van der Waals surface area contributed by atoms with E-state index in [2.05, 4.69) is 39.8 Å². The molecule has 0 aliphatic carbocycles. The normalized spacial score (nSPS) is 18.3. The third-order valence-electron chi connectivity index (χ3n) is 4.20. The Morgan fingerprint density at radius 2 is 1.33 bits per heavy atom. The van der Waals surface area contributed by atoms with E-state index in [0.717, 1.165) is 17.0 Å². The molecule has 3 aromatic carbocycles. The lowest BCUT2D eigenvalue weighted by atomic mass is 10.1. The quantitative estimate of drug-likeness (QED) is 0.599. The predicted octanol–water partition coefficient (Wildman–Crippen LogP) is 5.75. The van der Waals surface area contributed by atoms with Gasteiger partial charge in [-0.3, -0.25) is 0 Å². The van der Waals surface area contributed by atoms with E-state index < -0.39 is 5.79 Å². The van der Waals surface area contributed by atoms with Crippen molar-refractivity contribution in [3.8, 4) is 0 Å². The highest BCUT2D eigenvalue weighted by atomic mass is 32.2. The van der Waals surface area contributed by atoms with E-state index in [0.29, 0.717) is 11.6 Å². The van der Waals surface area contributed by atoms with E-state index in [1.807, 2.05) is 66.7 Å². The van der Waals surface area contributed by atoms with Gasteiger partial charge in [-0.2, -0.15) is 0 Å². The lowest BCUT2D eigenvalue weighted by Crippen LogP contribution is -2.35. The summed E-state index contributed by atoms with van der Waals surface area (Å²) in [5.74, 6) is 0.0210. The average molecular weight is 372 g/mol. The van der Waals surface area contributed by atoms with Crippen molar-refractivity contribution in [2.45, 2.75) is 18.0 Å². The Morgan fingerprint density at radius 3 is 2.00 bits per heavy atom. The number of amidine groups is 1. The third kappa shape index (κ3) is 4.63. The molecular formula is C22H20N4S. The second-order valence-electron chi connectivity index (χ2n) is 6.34. The van der Waals surface area contributed by atoms with Gasteiger partial charge in [-0.15, -0.1) is 10.2 Å². The molecule has 4 rings (SSSR count). The van der Waals surface area contributed by atoms with E-state index in [9.17, 15) is 0 Å². The summed E-state index contributed by atoms with van der Waals surface area (Å²) in [6.07, 6.45) is 0.641. The highest BCUT2D eigenvalue weighted by Crippen LogP contribution is 2.31. The fourth-order valence-corrected chi connectivity index (χ4v) is 3.72. The van der Waals surface area contributed by atoms with Gasteiger partial charge in [-0.25, -0.2) is 4.99 Å². The lowest BCUT2D eigenvalue weighted by molar-refractivity contribution is 0.508. The predicted molar refractivity (Wildman–Crippen MR) is 113 cm³/mol. The maximum atomic E-state index is 4.86. The van der Waals surface area contributed by atoms with Crippen molar-refractivity contribution < 1.29 is 0 Å². The van der Waals surface area contributed by atoms with Gasteiger partial charge in [-0.1, -0.05) is 90.6 Å². The molecule has 3 aromatic rings. The van der Waals surface area contributed by atoms with Crippen LogP contribution in [0.5, 0.6) is 0 Å². The molecule has 1 N–H and O–H groups in total. The van der Waals surface area contributed by atoms with Crippen LogP contribution < -0.4 is 5.32 Å². The van der Waals surface area contributed by atoms with Crippen LogP contribution in [0.2, 0.25) is 0 Å². The number of anilines is 1. The van der Waals surface area contributed by atoms with Crippen LogP contribution >= 0.6 is 11.8 Å². The molecule has 0 bridgehead atoms. The maximum absolute atomic E-state index is 4.86. The first-order chi connectivity index (χ1) is 13.3. The van der Waals surface area contributed by atoms with Gasteiger partial charge in [0.05, 0.1) is 0 Å². The van der Waals surface area contributed by atoms with Gasteiger partial charge in [0.15, 0.2) is 0 Å². The fraction of sp³-hybridized carbons (Fsp3) is 0.136. The van der Waals surface area contributed by atoms with Gasteiger partial charge < -0.3 is 5.32 Å². The van der Waals surface area contributed by atoms with Crippen molar-refractivity contribution in [3.05, 3.63) is 102 Å². The number of hydrogen-bond donors (Lipinski definition) is 1. The lowest BCUT2D eigenvalue weighted by Gasteiger charge is -2.24. The number of thioether (sulfide) groups is 1. The van der Waals surface area contributed by atoms with Crippen molar-refractivity contribution in [1.29, 1.82) is 0 Å². The number of azo groups is 1. The number of nitrogens with one attached hydrogen (secondary N) is 1. The molecule has 0 radical (unpaired) electrons. The molecule has 27 heavy (non-hydrogen) atoms. The van der Waals surface area contributed by atoms with E-state index in [1.165, 1.54) is 5.56 Å². The Kier molecular flexibility index (Phi) is 5.30. The molecule has 0 aromatic heterocycles. The molecule has 0 amide bonds. The molecule has 0 saturated heterocycles. The molecule has 0 fully saturated rings. The molecule has 134 valence electrons. The monoisotopic (exact) mass is 372 g/mol. The van der Waals surface area contributed by atoms with Crippen molar-refractivity contribution in [2.24, 2.45) is 15.2 Å². The van der Waals surface area contributed by atoms with Gasteiger partial charge in [0, 0.05) is 17.9 Å². The van der Waals surface area contributed by atoms with E-state index in [-0.39, 0.29) is 0 Å². The van der Waals surface area contributed by atoms with Crippen LogP contribution in [0.3, 0.4) is 0 Å². The summed E-state index contributed by atoms with van der Waals surface area (Å²) in [5, 5.41) is 13.1. The number of rotatable bonds is 6. The van der Waals surface area contributed by atoms with E-state index in [4.69, 9.17) is 4.99 Å². The molecular weight excluding hydrogens is 352 g/mol. The summed E-state index contributed by atoms with van der Waals surface area (Å²) in [5.41, 5.74) is 3.39. The molecule has 4 nitrogen and oxygen atoms in total. The Morgan fingerprint density at radius 1 is 0.741 bits per heavy atom. The number of hydrogen-bond acceptors (Lipinski definition) is 5. The molecule has 1 unspecified atom stereocenters. The smallest absolute Gasteiger partial charge is 0.251 e. The molecule has 1 atom stereocenters. The van der Waals surface area contributed by atoms with Gasteiger partial charge in [0.25, 0.3) is 5.79 Å². The van der Waals surface area contributed by atoms with Crippen LogP contribution in [-0.2, 0) is 12.2 Å². The molecule has 1 aliphatic heterocycles. The van der Waals surface area contributed by atoms with Crippen molar-refractivity contribution in [2.75, 3.05) is 5.32 Å². The van der Waals surface area contributed by atoms with Gasteiger partial charge in [0.2, 0.25) is 5.17 Å². The van der Waals surface area contributed by atoms with Crippen molar-refractivity contribution in [1.82, 2.24) is 0 Å². The SMILES string of the molecule is c1ccc(CSC2=NC(Cc3ccccc3)(Nc3ccccc3)N=N2)cc1. The van der Waals surface area contributed by atoms with Crippen LogP contribution in [0, 0.1) is 0 Å².